The Morgan fingerprint density at radius 3 is 0.896 bits per heavy atom. The van der Waals surface area contributed by atoms with Crippen molar-refractivity contribution in [2.24, 2.45) is 0 Å². The van der Waals surface area contributed by atoms with E-state index >= 15 is 0 Å². The van der Waals surface area contributed by atoms with Crippen LogP contribution < -0.4 is 47.5 Å². The fourth-order valence-corrected chi connectivity index (χ4v) is 25.0. The van der Waals surface area contributed by atoms with Crippen LogP contribution >= 0.6 is 24.0 Å². The molecule has 0 radical (unpaired) electrons. The number of nitrogens with one attached hydrogen (secondary N) is 3. The van der Waals surface area contributed by atoms with Crippen molar-refractivity contribution in [3.63, 3.8) is 0 Å². The van der Waals surface area contributed by atoms with Crippen LogP contribution in [0.5, 0.6) is 0 Å². The fraction of sp³-hybridized carbons (Fsp3) is 0.410. The first-order valence-electron chi connectivity index (χ1n) is 26.1. The molecule has 0 bridgehead atoms. The number of rotatable bonds is 29. The van der Waals surface area contributed by atoms with Gasteiger partial charge in [0.05, 0.1) is 0 Å². The van der Waals surface area contributed by atoms with Crippen LogP contribution in [0, 0.1) is 0 Å². The molecule has 6 aromatic carbocycles. The third-order valence-electron chi connectivity index (χ3n) is 14.4. The van der Waals surface area contributed by atoms with Gasteiger partial charge < -0.3 is 0 Å². The minimum absolute atomic E-state index is 0.158. The predicted octanol–water partition coefficient (Wildman–Crippen LogP) is 14.5. The van der Waals surface area contributed by atoms with Gasteiger partial charge in [0.1, 0.15) is 0 Å². The van der Waals surface area contributed by atoms with Gasteiger partial charge in [0, 0.05) is 0 Å². The van der Waals surface area contributed by atoms with Gasteiger partial charge in [-0.3, -0.25) is 0 Å². The second kappa shape index (κ2) is 28.1. The SMILES string of the molecule is CCCCCCCCCC(NC)P(Cl)(c1ccccc1)(c1ccccc1)c1ccccc1.CCCCCCCCCC(NC)P(NCCC)(c1ccccc1)(c1ccccc1)c1ccccc1. The van der Waals surface area contributed by atoms with Gasteiger partial charge in [-0.2, -0.15) is 0 Å². The van der Waals surface area contributed by atoms with Crippen LogP contribution in [0.25, 0.3) is 0 Å². The van der Waals surface area contributed by atoms with Crippen LogP contribution in [0.3, 0.4) is 0 Å². The zero-order chi connectivity index (χ0) is 47.6. The van der Waals surface area contributed by atoms with E-state index in [1.807, 2.05) is 0 Å². The molecule has 6 heteroatoms. The molecule has 0 fully saturated rings. The van der Waals surface area contributed by atoms with Crippen LogP contribution in [-0.2, 0) is 0 Å². The van der Waals surface area contributed by atoms with Crippen LogP contribution in [0.15, 0.2) is 182 Å². The molecule has 0 aliphatic heterocycles. The van der Waals surface area contributed by atoms with Gasteiger partial charge in [0.25, 0.3) is 0 Å². The van der Waals surface area contributed by atoms with E-state index in [0.29, 0.717) is 5.78 Å². The molecule has 0 aliphatic carbocycles. The first-order chi connectivity index (χ1) is 32.9. The van der Waals surface area contributed by atoms with E-state index in [1.54, 1.807) is 0 Å². The van der Waals surface area contributed by atoms with E-state index in [0.717, 1.165) is 25.8 Å². The average Bonchev–Trinajstić information content (AvgIpc) is 3.40. The molecule has 3 nitrogen and oxygen atoms in total. The number of unbranched alkanes of at least 4 members (excludes halogenated alkanes) is 12. The number of halogens is 1. The van der Waals surface area contributed by atoms with E-state index < -0.39 is 12.7 Å². The van der Waals surface area contributed by atoms with Gasteiger partial charge >= 0.3 is 416 Å². The topological polar surface area (TPSA) is 36.1 Å². The molecule has 0 saturated heterocycles. The molecule has 6 rings (SSSR count). The number of hydrogen-bond donors (Lipinski definition) is 3. The fourth-order valence-electron chi connectivity index (χ4n) is 11.0. The Hall–Kier alpha value is -3.65. The third kappa shape index (κ3) is 12.2. The summed E-state index contributed by atoms with van der Waals surface area (Å²) in [6, 6.07) is 66.4. The Labute approximate surface area is 413 Å². The van der Waals surface area contributed by atoms with Crippen molar-refractivity contribution >= 4 is 55.8 Å². The summed E-state index contributed by atoms with van der Waals surface area (Å²) in [6.45, 7) is 4.73. The Morgan fingerprint density at radius 1 is 0.343 bits per heavy atom. The molecule has 0 saturated carbocycles. The summed E-state index contributed by atoms with van der Waals surface area (Å²) in [4.78, 5) is 0. The van der Waals surface area contributed by atoms with Gasteiger partial charge in [0.15, 0.2) is 0 Å². The Kier molecular flexibility index (Phi) is 22.8. The van der Waals surface area contributed by atoms with Gasteiger partial charge in [-0.05, 0) is 0 Å². The molecular formula is C61H86ClN3P2. The van der Waals surface area contributed by atoms with E-state index in [9.17, 15) is 0 Å². The van der Waals surface area contributed by atoms with Crippen molar-refractivity contribution < 1.29 is 0 Å². The first-order valence-corrected chi connectivity index (χ1v) is 31.6. The molecule has 0 aromatic heterocycles. The molecule has 0 amide bonds. The third-order valence-corrected chi connectivity index (χ3v) is 29.2. The van der Waals surface area contributed by atoms with Crippen LogP contribution in [0.1, 0.15) is 130 Å². The normalized spacial score (nSPS) is 13.8. The molecule has 67 heavy (non-hydrogen) atoms. The molecule has 3 N–H and O–H groups in total. The van der Waals surface area contributed by atoms with Crippen LogP contribution in [0.2, 0.25) is 0 Å². The summed E-state index contributed by atoms with van der Waals surface area (Å²) in [5.41, 5.74) is 0. The van der Waals surface area contributed by atoms with Crippen molar-refractivity contribution in [3.8, 4) is 0 Å². The first kappa shape index (κ1) is 54.3. The van der Waals surface area contributed by atoms with Crippen molar-refractivity contribution in [1.82, 2.24) is 15.7 Å². The molecule has 0 aliphatic rings. The van der Waals surface area contributed by atoms with Gasteiger partial charge in [-0.1, -0.05) is 0 Å². The van der Waals surface area contributed by atoms with Crippen molar-refractivity contribution in [2.45, 2.75) is 141 Å². The monoisotopic (exact) mass is 958 g/mol. The quantitative estimate of drug-likeness (QED) is 0.0324. The summed E-state index contributed by atoms with van der Waals surface area (Å²) in [6.07, 6.45) is 21.8. The zero-order valence-electron chi connectivity index (χ0n) is 42.0. The second-order valence-electron chi connectivity index (χ2n) is 18.6. The summed E-state index contributed by atoms with van der Waals surface area (Å²) in [5.74, 6) is -2.84. The Bertz CT molecular complexity index is 1990. The predicted molar refractivity (Wildman–Crippen MR) is 305 cm³/mol. The summed E-state index contributed by atoms with van der Waals surface area (Å²) in [7, 11) is 4.26. The standard InChI is InChI=1S/C32H47N2P.C29H39ClNP/c1-4-6-7-8-9-10-20-27-32(33-3)35(34-28-5-2,29-21-14-11-15-22-29,30-23-16-12-17-24-30)31-25-18-13-19-26-31;1-3-4-5-6-7-8-18-25-29(31-2)32(30,26-19-12-9-13-20-26,27-21-14-10-15-22-27)28-23-16-11-17-24-28/h11-19,21-26,32-34H,4-10,20,27-28H2,1-3H3;9-17,19-24,29,31H,3-8,18,25H2,1-2H3. The molecule has 2 unspecified atom stereocenters. The van der Waals surface area contributed by atoms with Gasteiger partial charge in [-0.25, -0.2) is 0 Å². The van der Waals surface area contributed by atoms with Crippen molar-refractivity contribution in [1.29, 1.82) is 0 Å². The minimum atomic E-state index is -3.29. The molecular weight excluding hydrogens is 872 g/mol. The van der Waals surface area contributed by atoms with E-state index in [2.05, 4.69) is 233 Å². The van der Waals surface area contributed by atoms with Gasteiger partial charge in [0.2, 0.25) is 0 Å². The number of hydrogen-bond acceptors (Lipinski definition) is 3. The molecule has 2 atom stereocenters. The molecule has 362 valence electrons. The van der Waals surface area contributed by atoms with Crippen molar-refractivity contribution in [3.05, 3.63) is 182 Å². The average molecular weight is 959 g/mol. The maximum atomic E-state index is 8.29. The Morgan fingerprint density at radius 2 is 0.612 bits per heavy atom. The molecule has 0 heterocycles. The van der Waals surface area contributed by atoms with E-state index in [4.69, 9.17) is 11.2 Å². The molecule has 0 spiro atoms. The molecule has 6 aromatic rings. The van der Waals surface area contributed by atoms with Crippen LogP contribution in [-0.4, -0.2) is 32.2 Å². The summed E-state index contributed by atoms with van der Waals surface area (Å²) >= 11 is 8.29. The maximum absolute atomic E-state index is 8.29. The summed E-state index contributed by atoms with van der Waals surface area (Å²) < 4.78 is 0. The zero-order valence-corrected chi connectivity index (χ0v) is 44.5. The van der Waals surface area contributed by atoms with Crippen LogP contribution in [0.4, 0.5) is 0 Å². The summed E-state index contributed by atoms with van der Waals surface area (Å²) in [5, 5.41) is 19.9. The van der Waals surface area contributed by atoms with E-state index in [-0.39, 0.29) is 5.78 Å². The van der Waals surface area contributed by atoms with Gasteiger partial charge in [-0.15, -0.1) is 0 Å². The van der Waals surface area contributed by atoms with Crippen molar-refractivity contribution in [2.75, 3.05) is 20.6 Å². The van der Waals surface area contributed by atoms with E-state index in [1.165, 1.54) is 122 Å². The number of benzene rings is 6. The Balaban J connectivity index is 0.000000252. The second-order valence-corrected chi connectivity index (χ2v) is 29.9.